The van der Waals surface area contributed by atoms with E-state index in [-0.39, 0.29) is 18.1 Å². The smallest absolute Gasteiger partial charge is 0.226 e. The number of methoxy groups -OCH3 is 1. The van der Waals surface area contributed by atoms with Gasteiger partial charge >= 0.3 is 0 Å². The summed E-state index contributed by atoms with van der Waals surface area (Å²) in [6, 6.07) is 7.03. The quantitative estimate of drug-likeness (QED) is 0.845. The number of ether oxygens (including phenoxy) is 1. The summed E-state index contributed by atoms with van der Waals surface area (Å²) in [5, 5.41) is 9.53. The van der Waals surface area contributed by atoms with Gasteiger partial charge in [-0.3, -0.25) is 14.7 Å². The number of ketones is 1. The van der Waals surface area contributed by atoms with Crippen molar-refractivity contribution in [2.24, 2.45) is 0 Å². The van der Waals surface area contributed by atoms with Gasteiger partial charge in [-0.25, -0.2) is 0 Å². The van der Waals surface area contributed by atoms with E-state index in [2.05, 4.69) is 15.5 Å². The molecule has 3 rings (SSSR count). The lowest BCUT2D eigenvalue weighted by Crippen LogP contribution is -2.27. The van der Waals surface area contributed by atoms with Gasteiger partial charge in [-0.1, -0.05) is 12.1 Å². The van der Waals surface area contributed by atoms with Gasteiger partial charge in [-0.15, -0.1) is 0 Å². The third-order valence-electron chi connectivity index (χ3n) is 3.68. The first kappa shape index (κ1) is 13.4. The van der Waals surface area contributed by atoms with Gasteiger partial charge in [0, 0.05) is 17.7 Å². The number of anilines is 1. The second-order valence-electron chi connectivity index (χ2n) is 4.98. The van der Waals surface area contributed by atoms with Crippen molar-refractivity contribution >= 4 is 17.5 Å². The molecule has 1 unspecified atom stereocenters. The standard InChI is InChI=1S/C15H15N3O3/c1-8-13-10(7-12(19)16-15(13)18-17-8)14(20)9-5-3-4-6-11(9)21-2/h3-6,10H,7H2,1-2H3,(H2,16,17,18,19). The van der Waals surface area contributed by atoms with Crippen molar-refractivity contribution in [2.75, 3.05) is 12.4 Å². The molecule has 0 saturated carbocycles. The number of aryl methyl sites for hydroxylation is 1. The average Bonchev–Trinajstić information content (AvgIpc) is 2.86. The van der Waals surface area contributed by atoms with Crippen LogP contribution in [0.15, 0.2) is 24.3 Å². The van der Waals surface area contributed by atoms with E-state index >= 15 is 0 Å². The fourth-order valence-electron chi connectivity index (χ4n) is 2.69. The van der Waals surface area contributed by atoms with E-state index in [9.17, 15) is 9.59 Å². The van der Waals surface area contributed by atoms with Gasteiger partial charge in [-0.2, -0.15) is 5.10 Å². The monoisotopic (exact) mass is 285 g/mol. The molecule has 0 aliphatic carbocycles. The Morgan fingerprint density at radius 2 is 2.14 bits per heavy atom. The Labute approximate surface area is 121 Å². The van der Waals surface area contributed by atoms with Crippen LogP contribution in [0.1, 0.15) is 34.0 Å². The van der Waals surface area contributed by atoms with Gasteiger partial charge in [0.2, 0.25) is 5.91 Å². The summed E-state index contributed by atoms with van der Waals surface area (Å²) >= 11 is 0. The van der Waals surface area contributed by atoms with Gasteiger partial charge in [0.1, 0.15) is 5.75 Å². The lowest BCUT2D eigenvalue weighted by Gasteiger charge is -2.22. The number of rotatable bonds is 3. The Bertz CT molecular complexity index is 721. The maximum absolute atomic E-state index is 12.8. The lowest BCUT2D eigenvalue weighted by atomic mass is 9.85. The van der Waals surface area contributed by atoms with Crippen LogP contribution < -0.4 is 10.1 Å². The topological polar surface area (TPSA) is 84.1 Å². The molecule has 0 bridgehead atoms. The number of carbonyl (C=O) groups excluding carboxylic acids is 2. The van der Waals surface area contributed by atoms with Crippen LogP contribution in [0.2, 0.25) is 0 Å². The number of carbonyl (C=O) groups is 2. The van der Waals surface area contributed by atoms with Crippen molar-refractivity contribution in [3.63, 3.8) is 0 Å². The highest BCUT2D eigenvalue weighted by atomic mass is 16.5. The van der Waals surface area contributed by atoms with Gasteiger partial charge in [0.05, 0.1) is 18.6 Å². The number of nitrogens with zero attached hydrogens (tertiary/aromatic N) is 1. The van der Waals surface area contributed by atoms with Crippen molar-refractivity contribution in [3.05, 3.63) is 41.1 Å². The van der Waals surface area contributed by atoms with Crippen LogP contribution >= 0.6 is 0 Å². The largest absolute Gasteiger partial charge is 0.496 e. The highest BCUT2D eigenvalue weighted by Crippen LogP contribution is 2.36. The summed E-state index contributed by atoms with van der Waals surface area (Å²) in [4.78, 5) is 24.6. The summed E-state index contributed by atoms with van der Waals surface area (Å²) < 4.78 is 5.24. The molecule has 108 valence electrons. The number of amides is 1. The van der Waals surface area contributed by atoms with Crippen molar-refractivity contribution in [1.82, 2.24) is 10.2 Å². The molecule has 0 spiro atoms. The number of hydrogen-bond acceptors (Lipinski definition) is 4. The molecule has 1 aliphatic rings. The summed E-state index contributed by atoms with van der Waals surface area (Å²) in [7, 11) is 1.52. The number of hydrogen-bond donors (Lipinski definition) is 2. The van der Waals surface area contributed by atoms with Crippen molar-refractivity contribution in [1.29, 1.82) is 0 Å². The Kier molecular flexibility index (Phi) is 3.21. The van der Waals surface area contributed by atoms with Crippen molar-refractivity contribution < 1.29 is 14.3 Å². The van der Waals surface area contributed by atoms with Gasteiger partial charge < -0.3 is 10.1 Å². The molecule has 0 saturated heterocycles. The van der Waals surface area contributed by atoms with Gasteiger partial charge in [0.25, 0.3) is 0 Å². The SMILES string of the molecule is COc1ccccc1C(=O)C1CC(=O)Nc2n[nH]c(C)c21. The Balaban J connectivity index is 2.06. The Hall–Kier alpha value is -2.63. The molecule has 2 heterocycles. The predicted molar refractivity (Wildman–Crippen MR) is 76.6 cm³/mol. The first-order chi connectivity index (χ1) is 10.1. The van der Waals surface area contributed by atoms with E-state index in [4.69, 9.17) is 4.74 Å². The highest BCUT2D eigenvalue weighted by Gasteiger charge is 2.35. The zero-order chi connectivity index (χ0) is 15.0. The second-order valence-corrected chi connectivity index (χ2v) is 4.98. The molecule has 1 aliphatic heterocycles. The average molecular weight is 285 g/mol. The summed E-state index contributed by atoms with van der Waals surface area (Å²) in [5.74, 6) is 0.0762. The van der Waals surface area contributed by atoms with E-state index in [1.165, 1.54) is 7.11 Å². The minimum Gasteiger partial charge on any atom is -0.496 e. The Morgan fingerprint density at radius 3 is 2.90 bits per heavy atom. The number of aromatic amines is 1. The van der Waals surface area contributed by atoms with Crippen LogP contribution in [0.3, 0.4) is 0 Å². The molecule has 1 aromatic heterocycles. The van der Waals surface area contributed by atoms with Crippen LogP contribution in [0.25, 0.3) is 0 Å². The molecule has 2 aromatic rings. The summed E-state index contributed by atoms with van der Waals surface area (Å²) in [6.07, 6.45) is 0.115. The summed E-state index contributed by atoms with van der Waals surface area (Å²) in [5.41, 5.74) is 2.02. The van der Waals surface area contributed by atoms with E-state index in [0.29, 0.717) is 17.1 Å². The van der Waals surface area contributed by atoms with Crippen LogP contribution in [-0.2, 0) is 4.79 Å². The van der Waals surface area contributed by atoms with Gasteiger partial charge in [0.15, 0.2) is 11.6 Å². The zero-order valence-corrected chi connectivity index (χ0v) is 11.8. The zero-order valence-electron chi connectivity index (χ0n) is 11.8. The molecule has 0 fully saturated rings. The van der Waals surface area contributed by atoms with Crippen molar-refractivity contribution in [2.45, 2.75) is 19.3 Å². The first-order valence-electron chi connectivity index (χ1n) is 6.63. The molecular formula is C15H15N3O3. The molecule has 21 heavy (non-hydrogen) atoms. The minimum absolute atomic E-state index is 0.115. The molecular weight excluding hydrogens is 270 g/mol. The Morgan fingerprint density at radius 1 is 1.38 bits per heavy atom. The molecule has 2 N–H and O–H groups in total. The molecule has 6 nitrogen and oxygen atoms in total. The number of aromatic nitrogens is 2. The molecule has 1 aromatic carbocycles. The molecule has 1 amide bonds. The van der Waals surface area contributed by atoms with E-state index < -0.39 is 5.92 Å². The third kappa shape index (κ3) is 2.18. The minimum atomic E-state index is -0.538. The first-order valence-corrected chi connectivity index (χ1v) is 6.63. The fraction of sp³-hybridized carbons (Fsp3) is 0.267. The third-order valence-corrected chi connectivity index (χ3v) is 3.68. The fourth-order valence-corrected chi connectivity index (χ4v) is 2.69. The molecule has 0 radical (unpaired) electrons. The predicted octanol–water partition coefficient (Wildman–Crippen LogP) is 2.04. The second kappa shape index (κ2) is 5.05. The van der Waals surface area contributed by atoms with Crippen molar-refractivity contribution in [3.8, 4) is 5.75 Å². The normalized spacial score (nSPS) is 17.0. The van der Waals surface area contributed by atoms with Crippen LogP contribution in [-0.4, -0.2) is 29.0 Å². The number of H-pyrrole nitrogens is 1. The van der Waals surface area contributed by atoms with E-state index in [1.54, 1.807) is 24.3 Å². The van der Waals surface area contributed by atoms with E-state index in [0.717, 1.165) is 11.3 Å². The molecule has 6 heteroatoms. The number of fused-ring (bicyclic) bond motifs is 1. The van der Waals surface area contributed by atoms with Crippen LogP contribution in [0.5, 0.6) is 5.75 Å². The number of para-hydroxylation sites is 1. The van der Waals surface area contributed by atoms with Crippen LogP contribution in [0.4, 0.5) is 5.82 Å². The number of nitrogens with one attached hydrogen (secondary N) is 2. The van der Waals surface area contributed by atoms with Gasteiger partial charge in [-0.05, 0) is 19.1 Å². The number of Topliss-reactive ketones (excluding diaryl/α,β-unsaturated/α-hetero) is 1. The highest BCUT2D eigenvalue weighted by molar-refractivity contribution is 6.09. The maximum Gasteiger partial charge on any atom is 0.226 e. The molecule has 1 atom stereocenters. The summed E-state index contributed by atoms with van der Waals surface area (Å²) in [6.45, 7) is 1.84. The maximum atomic E-state index is 12.8. The number of benzene rings is 1. The van der Waals surface area contributed by atoms with Crippen LogP contribution in [0, 0.1) is 6.92 Å². The van der Waals surface area contributed by atoms with E-state index in [1.807, 2.05) is 6.92 Å². The lowest BCUT2D eigenvalue weighted by molar-refractivity contribution is -0.116.